The minimum atomic E-state index is -0.664. The van der Waals surface area contributed by atoms with Crippen LogP contribution in [-0.2, 0) is 4.74 Å². The van der Waals surface area contributed by atoms with Crippen molar-refractivity contribution in [3.63, 3.8) is 0 Å². The van der Waals surface area contributed by atoms with E-state index in [1.165, 1.54) is 5.75 Å². The Hall–Kier alpha value is -0.380. The fraction of sp³-hybridized carbons (Fsp3) is 0.800. The summed E-state index contributed by atoms with van der Waals surface area (Å²) in [7, 11) is 0. The van der Waals surface area contributed by atoms with E-state index in [0.717, 1.165) is 6.42 Å². The van der Waals surface area contributed by atoms with Crippen LogP contribution < -0.4 is 5.73 Å². The highest BCUT2D eigenvalue weighted by atomic mass is 32.2. The first-order valence-corrected chi connectivity index (χ1v) is 3.88. The molecule has 1 aliphatic rings. The monoisotopic (exact) mass is 147 g/mol. The summed E-state index contributed by atoms with van der Waals surface area (Å²) in [6.07, 6.45) is 0.486. The van der Waals surface area contributed by atoms with Gasteiger partial charge in [-0.2, -0.15) is 11.8 Å². The first-order valence-electron chi connectivity index (χ1n) is 2.83. The van der Waals surface area contributed by atoms with Gasteiger partial charge in [0.2, 0.25) is 0 Å². The van der Waals surface area contributed by atoms with E-state index in [9.17, 15) is 4.79 Å². The Kier molecular flexibility index (Phi) is 2.22. The van der Waals surface area contributed by atoms with Gasteiger partial charge >= 0.3 is 6.09 Å². The normalized spacial score (nSPS) is 24.7. The molecular formula is C5H9NO2S. The Morgan fingerprint density at radius 1 is 1.89 bits per heavy atom. The zero-order valence-electron chi connectivity index (χ0n) is 5.00. The summed E-state index contributed by atoms with van der Waals surface area (Å²) in [5, 5.41) is 0.512. The average molecular weight is 147 g/mol. The molecule has 0 aromatic rings. The lowest BCUT2D eigenvalue weighted by Gasteiger charge is -2.23. The third kappa shape index (κ3) is 2.13. The van der Waals surface area contributed by atoms with Crippen molar-refractivity contribution in [3.05, 3.63) is 0 Å². The van der Waals surface area contributed by atoms with Crippen molar-refractivity contribution in [1.82, 2.24) is 0 Å². The lowest BCUT2D eigenvalue weighted by Crippen LogP contribution is -2.25. The summed E-state index contributed by atoms with van der Waals surface area (Å²) in [4.78, 5) is 10.0. The van der Waals surface area contributed by atoms with E-state index in [4.69, 9.17) is 5.73 Å². The zero-order chi connectivity index (χ0) is 6.69. The standard InChI is InChI=1S/C5H9NO2S/c6-5(7)8-3-4-1-2-9-4/h4H,1-3H2,(H2,6,7). The summed E-state index contributed by atoms with van der Waals surface area (Å²) in [5.74, 6) is 1.19. The average Bonchev–Trinajstić information content (AvgIpc) is 1.60. The number of carbonyl (C=O) groups is 1. The maximum Gasteiger partial charge on any atom is 0.404 e. The number of hydrogen-bond acceptors (Lipinski definition) is 3. The molecule has 0 spiro atoms. The van der Waals surface area contributed by atoms with Gasteiger partial charge < -0.3 is 10.5 Å². The number of amides is 1. The topological polar surface area (TPSA) is 52.3 Å². The van der Waals surface area contributed by atoms with Gasteiger partial charge in [0, 0.05) is 5.25 Å². The number of ether oxygens (including phenoxy) is 1. The third-order valence-corrected chi connectivity index (χ3v) is 2.52. The van der Waals surface area contributed by atoms with Crippen LogP contribution in [0, 0.1) is 0 Å². The molecule has 1 unspecified atom stereocenters. The van der Waals surface area contributed by atoms with Gasteiger partial charge in [-0.25, -0.2) is 4.79 Å². The minimum absolute atomic E-state index is 0.486. The summed E-state index contributed by atoms with van der Waals surface area (Å²) in [6.45, 7) is 0.486. The van der Waals surface area contributed by atoms with E-state index in [-0.39, 0.29) is 0 Å². The summed E-state index contributed by atoms with van der Waals surface area (Å²) >= 11 is 1.81. The van der Waals surface area contributed by atoms with E-state index in [0.29, 0.717) is 11.9 Å². The van der Waals surface area contributed by atoms with E-state index < -0.39 is 6.09 Å². The van der Waals surface area contributed by atoms with Crippen molar-refractivity contribution >= 4 is 17.9 Å². The van der Waals surface area contributed by atoms with Gasteiger partial charge in [0.1, 0.15) is 6.61 Å². The molecule has 1 rings (SSSR count). The van der Waals surface area contributed by atoms with Crippen LogP contribution in [0.4, 0.5) is 4.79 Å². The van der Waals surface area contributed by atoms with Crippen LogP contribution in [-0.4, -0.2) is 23.7 Å². The van der Waals surface area contributed by atoms with Crippen LogP contribution in [0.3, 0.4) is 0 Å². The molecule has 2 N–H and O–H groups in total. The Morgan fingerprint density at radius 3 is 2.89 bits per heavy atom. The molecule has 1 fully saturated rings. The predicted octanol–water partition coefficient (Wildman–Crippen LogP) is 0.587. The fourth-order valence-corrected chi connectivity index (χ4v) is 1.32. The lowest BCUT2D eigenvalue weighted by molar-refractivity contribution is 0.156. The quantitative estimate of drug-likeness (QED) is 0.621. The van der Waals surface area contributed by atoms with Crippen LogP contribution in [0.2, 0.25) is 0 Å². The van der Waals surface area contributed by atoms with Crippen LogP contribution >= 0.6 is 11.8 Å². The molecule has 4 heteroatoms. The smallest absolute Gasteiger partial charge is 0.404 e. The van der Waals surface area contributed by atoms with Crippen molar-refractivity contribution in [3.8, 4) is 0 Å². The molecule has 3 nitrogen and oxygen atoms in total. The largest absolute Gasteiger partial charge is 0.449 e. The second kappa shape index (κ2) is 2.96. The summed E-state index contributed by atoms with van der Waals surface area (Å²) in [6, 6.07) is 0. The van der Waals surface area contributed by atoms with Gasteiger partial charge in [0.25, 0.3) is 0 Å². The van der Waals surface area contributed by atoms with Gasteiger partial charge in [0.05, 0.1) is 0 Å². The lowest BCUT2D eigenvalue weighted by atomic mass is 10.3. The summed E-state index contributed by atoms with van der Waals surface area (Å²) in [5.41, 5.74) is 4.75. The highest BCUT2D eigenvalue weighted by Gasteiger charge is 2.18. The third-order valence-electron chi connectivity index (χ3n) is 1.20. The highest BCUT2D eigenvalue weighted by Crippen LogP contribution is 2.27. The Morgan fingerprint density at radius 2 is 2.56 bits per heavy atom. The SMILES string of the molecule is NC(=O)OCC1CCS1. The second-order valence-electron chi connectivity index (χ2n) is 1.91. The maximum absolute atomic E-state index is 10.0. The van der Waals surface area contributed by atoms with Gasteiger partial charge in [-0.05, 0) is 12.2 Å². The van der Waals surface area contributed by atoms with Gasteiger partial charge in [-0.15, -0.1) is 0 Å². The van der Waals surface area contributed by atoms with E-state index in [1.54, 1.807) is 0 Å². The van der Waals surface area contributed by atoms with Crippen molar-refractivity contribution in [2.45, 2.75) is 11.7 Å². The molecule has 1 aliphatic heterocycles. The number of hydrogen-bond donors (Lipinski definition) is 1. The molecule has 1 heterocycles. The highest BCUT2D eigenvalue weighted by molar-refractivity contribution is 8.01. The number of carbonyl (C=O) groups excluding carboxylic acids is 1. The van der Waals surface area contributed by atoms with Crippen molar-refractivity contribution in [1.29, 1.82) is 0 Å². The molecule has 0 aromatic carbocycles. The molecule has 0 bridgehead atoms. The van der Waals surface area contributed by atoms with Gasteiger partial charge in [-0.1, -0.05) is 0 Å². The zero-order valence-corrected chi connectivity index (χ0v) is 5.82. The van der Waals surface area contributed by atoms with Crippen molar-refractivity contribution < 1.29 is 9.53 Å². The summed E-state index contributed by atoms with van der Waals surface area (Å²) < 4.78 is 4.56. The first kappa shape index (κ1) is 6.74. The van der Waals surface area contributed by atoms with Crippen LogP contribution in [0.1, 0.15) is 6.42 Å². The molecule has 0 aliphatic carbocycles. The van der Waals surface area contributed by atoms with Crippen LogP contribution in [0.5, 0.6) is 0 Å². The van der Waals surface area contributed by atoms with Crippen molar-refractivity contribution in [2.75, 3.05) is 12.4 Å². The molecule has 1 amide bonds. The Bertz CT molecular complexity index is 114. The molecule has 1 saturated heterocycles. The number of primary amides is 1. The predicted molar refractivity (Wildman–Crippen MR) is 36.4 cm³/mol. The fourth-order valence-electron chi connectivity index (χ4n) is 0.591. The van der Waals surface area contributed by atoms with Gasteiger partial charge in [-0.3, -0.25) is 0 Å². The van der Waals surface area contributed by atoms with Crippen molar-refractivity contribution in [2.24, 2.45) is 5.73 Å². The molecule has 9 heavy (non-hydrogen) atoms. The van der Waals surface area contributed by atoms with Crippen LogP contribution in [0.15, 0.2) is 0 Å². The Labute approximate surface area is 57.9 Å². The molecule has 1 atom stereocenters. The molecule has 0 aromatic heterocycles. The van der Waals surface area contributed by atoms with Gasteiger partial charge in [0.15, 0.2) is 0 Å². The van der Waals surface area contributed by atoms with Crippen LogP contribution in [0.25, 0.3) is 0 Å². The Balaban J connectivity index is 1.97. The first-order chi connectivity index (χ1) is 4.29. The van der Waals surface area contributed by atoms with E-state index in [1.807, 2.05) is 11.8 Å². The van der Waals surface area contributed by atoms with E-state index >= 15 is 0 Å². The molecule has 0 radical (unpaired) electrons. The number of rotatable bonds is 2. The molecule has 0 saturated carbocycles. The minimum Gasteiger partial charge on any atom is -0.449 e. The number of thioether (sulfide) groups is 1. The van der Waals surface area contributed by atoms with E-state index in [2.05, 4.69) is 4.74 Å². The molecular weight excluding hydrogens is 138 g/mol. The number of nitrogens with two attached hydrogens (primary N) is 1. The molecule has 52 valence electrons. The maximum atomic E-state index is 10.0. The second-order valence-corrected chi connectivity index (χ2v) is 3.32.